The van der Waals surface area contributed by atoms with E-state index in [1.165, 1.54) is 11.6 Å². The van der Waals surface area contributed by atoms with E-state index in [9.17, 15) is 9.59 Å². The fourth-order valence-corrected chi connectivity index (χ4v) is 2.88. The first kappa shape index (κ1) is 20.0. The van der Waals surface area contributed by atoms with Crippen LogP contribution in [0.3, 0.4) is 0 Å². The molecule has 7 heteroatoms. The van der Waals surface area contributed by atoms with E-state index in [4.69, 9.17) is 16.3 Å². The summed E-state index contributed by atoms with van der Waals surface area (Å²) in [4.78, 5) is 24.8. The molecule has 0 fully saturated rings. The number of nitrogens with zero attached hydrogens (tertiary/aromatic N) is 2. The predicted octanol–water partition coefficient (Wildman–Crippen LogP) is 4.08. The highest BCUT2D eigenvalue weighted by atomic mass is 35.5. The Kier molecular flexibility index (Phi) is 6.42. The van der Waals surface area contributed by atoms with Gasteiger partial charge in [0.1, 0.15) is 10.7 Å². The van der Waals surface area contributed by atoms with Crippen molar-refractivity contribution in [1.82, 2.24) is 9.78 Å². The number of carbonyl (C=O) groups is 2. The van der Waals surface area contributed by atoms with Gasteiger partial charge in [-0.1, -0.05) is 43.6 Å². The summed E-state index contributed by atoms with van der Waals surface area (Å²) in [6, 6.07) is 7.63. The Labute approximate surface area is 158 Å². The molecular weight excluding hydrogens is 354 g/mol. The van der Waals surface area contributed by atoms with Crippen molar-refractivity contribution in [3.63, 3.8) is 0 Å². The molecule has 0 radical (unpaired) electrons. The minimum Gasteiger partial charge on any atom is -0.449 e. The molecule has 1 N–H and O–H groups in total. The Morgan fingerprint density at radius 3 is 2.54 bits per heavy atom. The lowest BCUT2D eigenvalue weighted by atomic mass is 9.97. The standard InChI is InChI=1S/C19H24ClN3O3/c1-6-11(2)14-9-7-8-10-15(14)21-18(24)13(4)26-19(25)16-12(3)22-23(5)17(16)20/h7-11,13H,6H2,1-5H3,(H,21,24). The number of rotatable bonds is 6. The molecule has 26 heavy (non-hydrogen) atoms. The average Bonchev–Trinajstić information content (AvgIpc) is 2.86. The fourth-order valence-electron chi connectivity index (χ4n) is 2.63. The van der Waals surface area contributed by atoms with Crippen LogP contribution in [-0.4, -0.2) is 27.8 Å². The minimum absolute atomic E-state index is 0.175. The fraction of sp³-hybridized carbons (Fsp3) is 0.421. The number of carbonyl (C=O) groups excluding carboxylic acids is 2. The van der Waals surface area contributed by atoms with Crippen LogP contribution in [0.4, 0.5) is 5.69 Å². The van der Waals surface area contributed by atoms with Crippen molar-refractivity contribution in [3.05, 3.63) is 46.2 Å². The number of amides is 1. The van der Waals surface area contributed by atoms with Gasteiger partial charge < -0.3 is 10.1 Å². The second-order valence-electron chi connectivity index (χ2n) is 6.31. The van der Waals surface area contributed by atoms with E-state index < -0.39 is 18.0 Å². The third-order valence-corrected chi connectivity index (χ3v) is 4.80. The van der Waals surface area contributed by atoms with Crippen LogP contribution in [0.15, 0.2) is 24.3 Å². The number of aryl methyl sites for hydroxylation is 2. The zero-order chi connectivity index (χ0) is 19.4. The van der Waals surface area contributed by atoms with Gasteiger partial charge in [-0.15, -0.1) is 0 Å². The van der Waals surface area contributed by atoms with Crippen LogP contribution in [0.25, 0.3) is 0 Å². The van der Waals surface area contributed by atoms with Crippen molar-refractivity contribution in [2.24, 2.45) is 7.05 Å². The van der Waals surface area contributed by atoms with Crippen molar-refractivity contribution >= 4 is 29.2 Å². The lowest BCUT2D eigenvalue weighted by molar-refractivity contribution is -0.123. The lowest BCUT2D eigenvalue weighted by Gasteiger charge is -2.18. The van der Waals surface area contributed by atoms with Gasteiger partial charge in [-0.25, -0.2) is 4.79 Å². The van der Waals surface area contributed by atoms with Gasteiger partial charge in [-0.2, -0.15) is 5.10 Å². The lowest BCUT2D eigenvalue weighted by Crippen LogP contribution is -2.30. The molecule has 1 aromatic carbocycles. The molecule has 2 aromatic rings. The van der Waals surface area contributed by atoms with Gasteiger partial charge in [0, 0.05) is 12.7 Å². The first-order valence-electron chi connectivity index (χ1n) is 8.56. The molecule has 2 atom stereocenters. The number of ether oxygens (including phenoxy) is 1. The number of esters is 1. The van der Waals surface area contributed by atoms with E-state index in [1.54, 1.807) is 14.0 Å². The Bertz CT molecular complexity index is 816. The van der Waals surface area contributed by atoms with E-state index >= 15 is 0 Å². The minimum atomic E-state index is -0.969. The smallest absolute Gasteiger partial charge is 0.343 e. The van der Waals surface area contributed by atoms with Crippen LogP contribution in [-0.2, 0) is 16.6 Å². The van der Waals surface area contributed by atoms with Gasteiger partial charge in [0.25, 0.3) is 5.91 Å². The van der Waals surface area contributed by atoms with E-state index in [-0.39, 0.29) is 10.7 Å². The molecule has 0 aliphatic carbocycles. The monoisotopic (exact) mass is 377 g/mol. The Hall–Kier alpha value is -2.34. The first-order chi connectivity index (χ1) is 12.3. The van der Waals surface area contributed by atoms with Crippen molar-refractivity contribution < 1.29 is 14.3 Å². The van der Waals surface area contributed by atoms with Crippen LogP contribution in [0.1, 0.15) is 54.7 Å². The molecule has 140 valence electrons. The second kappa shape index (κ2) is 8.36. The molecule has 1 aromatic heterocycles. The first-order valence-corrected chi connectivity index (χ1v) is 8.93. The van der Waals surface area contributed by atoms with Gasteiger partial charge in [0.2, 0.25) is 0 Å². The van der Waals surface area contributed by atoms with E-state index in [2.05, 4.69) is 24.3 Å². The normalized spacial score (nSPS) is 13.2. The number of aromatic nitrogens is 2. The zero-order valence-electron chi connectivity index (χ0n) is 15.7. The Balaban J connectivity index is 2.10. The molecule has 0 aliphatic rings. The maximum atomic E-state index is 12.5. The number of hydrogen-bond donors (Lipinski definition) is 1. The number of anilines is 1. The van der Waals surface area contributed by atoms with Gasteiger partial charge in [0.05, 0.1) is 5.69 Å². The van der Waals surface area contributed by atoms with Crippen LogP contribution < -0.4 is 5.32 Å². The topological polar surface area (TPSA) is 73.2 Å². The predicted molar refractivity (Wildman–Crippen MR) is 102 cm³/mol. The highest BCUT2D eigenvalue weighted by Gasteiger charge is 2.25. The third-order valence-electron chi connectivity index (χ3n) is 4.37. The summed E-state index contributed by atoms with van der Waals surface area (Å²) >= 11 is 6.07. The highest BCUT2D eigenvalue weighted by molar-refractivity contribution is 6.32. The maximum Gasteiger partial charge on any atom is 0.343 e. The molecule has 6 nitrogen and oxygen atoms in total. The molecule has 0 spiro atoms. The number of hydrogen-bond acceptors (Lipinski definition) is 4. The van der Waals surface area contributed by atoms with Crippen LogP contribution >= 0.6 is 11.6 Å². The van der Waals surface area contributed by atoms with Crippen molar-refractivity contribution in [3.8, 4) is 0 Å². The third kappa shape index (κ3) is 4.25. The number of benzene rings is 1. The molecule has 0 bridgehead atoms. The van der Waals surface area contributed by atoms with Crippen LogP contribution in [0, 0.1) is 6.92 Å². The quantitative estimate of drug-likeness (QED) is 0.770. The van der Waals surface area contributed by atoms with Gasteiger partial charge >= 0.3 is 5.97 Å². The van der Waals surface area contributed by atoms with Gasteiger partial charge in [-0.05, 0) is 37.8 Å². The summed E-state index contributed by atoms with van der Waals surface area (Å²) in [7, 11) is 1.63. The number of halogens is 1. The summed E-state index contributed by atoms with van der Waals surface area (Å²) in [5.41, 5.74) is 2.41. The molecule has 1 amide bonds. The Morgan fingerprint density at radius 2 is 1.96 bits per heavy atom. The zero-order valence-corrected chi connectivity index (χ0v) is 16.4. The van der Waals surface area contributed by atoms with Crippen molar-refractivity contribution in [1.29, 1.82) is 0 Å². The summed E-state index contributed by atoms with van der Waals surface area (Å²) in [5.74, 6) is -0.758. The summed E-state index contributed by atoms with van der Waals surface area (Å²) in [6.45, 7) is 7.38. The number of nitrogens with one attached hydrogen (secondary N) is 1. The Morgan fingerprint density at radius 1 is 1.31 bits per heavy atom. The summed E-state index contributed by atoms with van der Waals surface area (Å²) in [5, 5.41) is 7.10. The van der Waals surface area contributed by atoms with Crippen LogP contribution in [0.2, 0.25) is 5.15 Å². The van der Waals surface area contributed by atoms with E-state index in [1.807, 2.05) is 24.3 Å². The highest BCUT2D eigenvalue weighted by Crippen LogP contribution is 2.27. The molecule has 2 rings (SSSR count). The van der Waals surface area contributed by atoms with Gasteiger partial charge in [-0.3, -0.25) is 9.48 Å². The molecule has 2 unspecified atom stereocenters. The van der Waals surface area contributed by atoms with Crippen LogP contribution in [0.5, 0.6) is 0 Å². The van der Waals surface area contributed by atoms with Crippen molar-refractivity contribution in [2.45, 2.75) is 46.1 Å². The SMILES string of the molecule is CCC(C)c1ccccc1NC(=O)C(C)OC(=O)c1c(C)nn(C)c1Cl. The number of para-hydroxylation sites is 1. The molecule has 0 saturated carbocycles. The molecule has 1 heterocycles. The summed E-state index contributed by atoms with van der Waals surface area (Å²) < 4.78 is 6.67. The molecular formula is C19H24ClN3O3. The van der Waals surface area contributed by atoms with E-state index in [0.29, 0.717) is 11.6 Å². The average molecular weight is 378 g/mol. The van der Waals surface area contributed by atoms with Crippen molar-refractivity contribution in [2.75, 3.05) is 5.32 Å². The second-order valence-corrected chi connectivity index (χ2v) is 6.67. The van der Waals surface area contributed by atoms with Gasteiger partial charge in [0.15, 0.2) is 6.10 Å². The largest absolute Gasteiger partial charge is 0.449 e. The van der Waals surface area contributed by atoms with E-state index in [0.717, 1.165) is 17.7 Å². The molecule has 0 aliphatic heterocycles. The summed E-state index contributed by atoms with van der Waals surface area (Å²) in [6.07, 6.45) is -0.0147. The molecule has 0 saturated heterocycles. The maximum absolute atomic E-state index is 12.5.